The van der Waals surface area contributed by atoms with E-state index in [-0.39, 0.29) is 55.2 Å². The van der Waals surface area contributed by atoms with Crippen LogP contribution in [0.25, 0.3) is 0 Å². The topological polar surface area (TPSA) is 89.9 Å². The Bertz CT molecular complexity index is 384. The molecular formula is C22H45N2NaO4. The van der Waals surface area contributed by atoms with Gasteiger partial charge in [0.1, 0.15) is 6.54 Å². The number of carboxylic acid groups (broad SMARTS) is 1. The Hall–Kier alpha value is -0.140. The van der Waals surface area contributed by atoms with Crippen molar-refractivity contribution in [2.24, 2.45) is 0 Å². The zero-order chi connectivity index (χ0) is 20.9. The van der Waals surface area contributed by atoms with Crippen LogP contribution in [0.15, 0.2) is 0 Å². The van der Waals surface area contributed by atoms with E-state index in [0.717, 1.165) is 19.3 Å². The molecule has 0 fully saturated rings. The molecule has 1 amide bonds. The van der Waals surface area contributed by atoms with E-state index in [9.17, 15) is 9.59 Å². The van der Waals surface area contributed by atoms with Crippen LogP contribution < -0.4 is 5.43 Å². The van der Waals surface area contributed by atoms with E-state index >= 15 is 0 Å². The number of carboxylic acids is 1. The van der Waals surface area contributed by atoms with Gasteiger partial charge in [0.25, 0.3) is 0 Å². The summed E-state index contributed by atoms with van der Waals surface area (Å²) in [6, 6.07) is 0. The van der Waals surface area contributed by atoms with E-state index in [0.29, 0.717) is 6.42 Å². The van der Waals surface area contributed by atoms with E-state index < -0.39 is 5.97 Å². The predicted octanol–water partition coefficient (Wildman–Crippen LogP) is 4.01. The quantitative estimate of drug-likeness (QED) is 0.147. The molecule has 6 nitrogen and oxygen atoms in total. The number of aliphatic hydroxyl groups excluding tert-OH is 1. The van der Waals surface area contributed by atoms with Crippen molar-refractivity contribution in [3.63, 3.8) is 0 Å². The van der Waals surface area contributed by atoms with Crippen molar-refractivity contribution in [2.75, 3.05) is 19.7 Å². The first kappa shape index (κ1) is 31.0. The molecule has 0 spiro atoms. The van der Waals surface area contributed by atoms with Crippen molar-refractivity contribution < 1.29 is 19.8 Å². The Kier molecular flexibility index (Phi) is 25.8. The molecule has 0 saturated heterocycles. The van der Waals surface area contributed by atoms with Gasteiger partial charge >= 0.3 is 35.5 Å². The third-order valence-electron chi connectivity index (χ3n) is 4.99. The first-order valence-electron chi connectivity index (χ1n) is 11.5. The van der Waals surface area contributed by atoms with E-state index in [1.54, 1.807) is 0 Å². The van der Waals surface area contributed by atoms with Crippen LogP contribution in [0.2, 0.25) is 0 Å². The summed E-state index contributed by atoms with van der Waals surface area (Å²) >= 11 is 0. The van der Waals surface area contributed by atoms with E-state index in [2.05, 4.69) is 12.3 Å². The van der Waals surface area contributed by atoms with Crippen molar-refractivity contribution in [3.05, 3.63) is 0 Å². The second-order valence-electron chi connectivity index (χ2n) is 7.77. The monoisotopic (exact) mass is 424 g/mol. The molecule has 0 radical (unpaired) electrons. The Balaban J connectivity index is 0. The molecule has 3 N–H and O–H groups in total. The summed E-state index contributed by atoms with van der Waals surface area (Å²) in [7, 11) is 0. The summed E-state index contributed by atoms with van der Waals surface area (Å²) in [5.41, 5.74) is 2.55. The summed E-state index contributed by atoms with van der Waals surface area (Å²) < 4.78 is 0. The van der Waals surface area contributed by atoms with Crippen LogP contribution in [0.5, 0.6) is 0 Å². The van der Waals surface area contributed by atoms with Gasteiger partial charge in [-0.1, -0.05) is 96.8 Å². The maximum absolute atomic E-state index is 11.8. The molecule has 0 saturated carbocycles. The average Bonchev–Trinajstić information content (AvgIpc) is 2.64. The standard InChI is InChI=1S/C22H44N2O4.Na.H/c1-2-3-4-5-6-7-8-9-10-11-12-13-14-15-16-17-21(26)23-24(18-19-25)20-22(27)28;;/h25H,2-20H2,1H3,(H,23,26)(H,27,28);;. The number of aliphatic carboxylic acids is 1. The molecule has 0 atom stereocenters. The molecule has 0 unspecified atom stereocenters. The van der Waals surface area contributed by atoms with Crippen LogP contribution in [0.4, 0.5) is 0 Å². The fourth-order valence-corrected chi connectivity index (χ4v) is 3.35. The predicted molar refractivity (Wildman–Crippen MR) is 121 cm³/mol. The number of rotatable bonds is 21. The number of hydrogen-bond acceptors (Lipinski definition) is 4. The molecule has 0 aromatic carbocycles. The van der Waals surface area contributed by atoms with Gasteiger partial charge in [-0.05, 0) is 6.42 Å². The van der Waals surface area contributed by atoms with Gasteiger partial charge in [0, 0.05) is 13.0 Å². The Morgan fingerprint density at radius 3 is 1.55 bits per heavy atom. The van der Waals surface area contributed by atoms with Gasteiger partial charge in [-0.25, -0.2) is 5.01 Å². The number of carbonyl (C=O) groups excluding carboxylic acids is 1. The van der Waals surface area contributed by atoms with Crippen LogP contribution in [0.1, 0.15) is 110 Å². The number of hydrazine groups is 1. The zero-order valence-electron chi connectivity index (χ0n) is 18.1. The second-order valence-corrected chi connectivity index (χ2v) is 7.77. The summed E-state index contributed by atoms with van der Waals surface area (Å²) in [6.45, 7) is 1.89. The molecule has 7 heteroatoms. The molecule has 0 aromatic heterocycles. The summed E-state index contributed by atoms with van der Waals surface area (Å²) in [5, 5.41) is 18.9. The molecule has 0 aliphatic rings. The first-order valence-corrected chi connectivity index (χ1v) is 11.5. The third-order valence-corrected chi connectivity index (χ3v) is 4.99. The number of unbranched alkanes of at least 4 members (excludes halogenated alkanes) is 14. The molecule has 168 valence electrons. The van der Waals surface area contributed by atoms with Crippen LogP contribution >= 0.6 is 0 Å². The summed E-state index contributed by atoms with van der Waals surface area (Å²) in [4.78, 5) is 22.5. The SMILES string of the molecule is CCCCCCCCCCCCCCCCCC(=O)NN(CCO)CC(=O)O.[NaH]. The molecule has 0 aliphatic heterocycles. The number of amides is 1. The van der Waals surface area contributed by atoms with Crippen molar-refractivity contribution in [2.45, 2.75) is 110 Å². The molecule has 0 aromatic rings. The van der Waals surface area contributed by atoms with Gasteiger partial charge in [-0.2, -0.15) is 0 Å². The number of nitrogens with zero attached hydrogens (tertiary/aromatic N) is 1. The fraction of sp³-hybridized carbons (Fsp3) is 0.909. The Morgan fingerprint density at radius 1 is 0.759 bits per heavy atom. The van der Waals surface area contributed by atoms with Crippen LogP contribution in [-0.4, -0.2) is 76.4 Å². The summed E-state index contributed by atoms with van der Waals surface area (Å²) in [6.07, 6.45) is 19.7. The molecule has 29 heavy (non-hydrogen) atoms. The summed E-state index contributed by atoms with van der Waals surface area (Å²) in [5.74, 6) is -1.20. The number of hydrogen-bond donors (Lipinski definition) is 3. The number of carbonyl (C=O) groups is 2. The third kappa shape index (κ3) is 24.0. The van der Waals surface area contributed by atoms with Gasteiger partial charge in [0.15, 0.2) is 0 Å². The normalized spacial score (nSPS) is 10.7. The van der Waals surface area contributed by atoms with Crippen LogP contribution in [0, 0.1) is 0 Å². The Labute approximate surface area is 200 Å². The van der Waals surface area contributed by atoms with Gasteiger partial charge < -0.3 is 10.2 Å². The van der Waals surface area contributed by atoms with Crippen molar-refractivity contribution in [1.82, 2.24) is 10.4 Å². The van der Waals surface area contributed by atoms with Crippen LogP contribution in [0.3, 0.4) is 0 Å². The second kappa shape index (κ2) is 24.1. The number of aliphatic hydroxyl groups is 1. The first-order chi connectivity index (χ1) is 13.6. The van der Waals surface area contributed by atoms with Crippen molar-refractivity contribution in [3.8, 4) is 0 Å². The van der Waals surface area contributed by atoms with Gasteiger partial charge in [0.05, 0.1) is 6.61 Å². The molecule has 0 aliphatic carbocycles. The van der Waals surface area contributed by atoms with Crippen LogP contribution in [-0.2, 0) is 9.59 Å². The van der Waals surface area contributed by atoms with Gasteiger partial charge in [-0.15, -0.1) is 0 Å². The van der Waals surface area contributed by atoms with E-state index in [1.807, 2.05) is 0 Å². The average molecular weight is 425 g/mol. The van der Waals surface area contributed by atoms with Gasteiger partial charge in [-0.3, -0.25) is 15.0 Å². The molecule has 0 bridgehead atoms. The van der Waals surface area contributed by atoms with Gasteiger partial charge in [0.2, 0.25) is 5.91 Å². The van der Waals surface area contributed by atoms with E-state index in [1.165, 1.54) is 82.1 Å². The van der Waals surface area contributed by atoms with Crippen molar-refractivity contribution in [1.29, 1.82) is 0 Å². The maximum atomic E-state index is 11.8. The number of nitrogens with one attached hydrogen (secondary N) is 1. The molecular weight excluding hydrogens is 379 g/mol. The van der Waals surface area contributed by atoms with E-state index in [4.69, 9.17) is 10.2 Å². The zero-order valence-corrected chi connectivity index (χ0v) is 18.1. The molecule has 0 heterocycles. The minimum atomic E-state index is -1.03. The fourth-order valence-electron chi connectivity index (χ4n) is 3.35. The molecule has 0 rings (SSSR count). The minimum absolute atomic E-state index is 0. The Morgan fingerprint density at radius 2 is 1.17 bits per heavy atom. The van der Waals surface area contributed by atoms with Crippen molar-refractivity contribution >= 4 is 41.4 Å².